The Morgan fingerprint density at radius 3 is 2.05 bits per heavy atom. The first-order valence-electron chi connectivity index (χ1n) is 9.49. The number of fused-ring (bicyclic) bond motifs is 1. The minimum Gasteiger partial charge on any atom is -0.207 e. The van der Waals surface area contributed by atoms with E-state index in [-0.39, 0.29) is 5.82 Å². The molecule has 4 atom stereocenters. The Hall–Kier alpha value is -0.850. The predicted molar refractivity (Wildman–Crippen MR) is 91.3 cm³/mol. The minimum absolute atomic E-state index is 0.118. The molecule has 2 saturated carbocycles. The van der Waals surface area contributed by atoms with E-state index in [1.54, 1.807) is 12.1 Å². The van der Waals surface area contributed by atoms with Gasteiger partial charge in [-0.25, -0.2) is 4.39 Å². The van der Waals surface area contributed by atoms with Crippen molar-refractivity contribution in [3.63, 3.8) is 0 Å². The molecule has 3 rings (SSSR count). The second-order valence-electron chi connectivity index (χ2n) is 7.83. The van der Waals surface area contributed by atoms with Crippen LogP contribution in [0.25, 0.3) is 0 Å². The summed E-state index contributed by atoms with van der Waals surface area (Å²) < 4.78 is 13.0. The van der Waals surface area contributed by atoms with E-state index in [1.165, 1.54) is 63.4 Å². The molecule has 2 aliphatic carbocycles. The van der Waals surface area contributed by atoms with Crippen LogP contribution in [0.1, 0.15) is 70.3 Å². The van der Waals surface area contributed by atoms with E-state index >= 15 is 0 Å². The first-order chi connectivity index (χ1) is 10.7. The summed E-state index contributed by atoms with van der Waals surface area (Å²) in [6.07, 6.45) is 14.1. The standard InChI is InChI=1S/C21H31F/c1-2-3-17-6-10-20-15-18(7-11-19(20)14-17)5-4-16-8-12-21(22)13-9-16/h8-9,12-13,17-20H,2-7,10-11,14-15H2,1H3/t17?,18-,19-,20-/m1/s1. The third-order valence-electron chi connectivity index (χ3n) is 6.28. The predicted octanol–water partition coefficient (Wildman–Crippen LogP) is 6.39. The van der Waals surface area contributed by atoms with Crippen molar-refractivity contribution in [3.05, 3.63) is 35.6 Å². The van der Waals surface area contributed by atoms with E-state index in [9.17, 15) is 4.39 Å². The summed E-state index contributed by atoms with van der Waals surface area (Å²) in [5.74, 6) is 3.87. The Morgan fingerprint density at radius 1 is 0.864 bits per heavy atom. The normalized spacial score (nSPS) is 31.7. The Kier molecular flexibility index (Phi) is 5.55. The van der Waals surface area contributed by atoms with Crippen LogP contribution >= 0.6 is 0 Å². The third kappa shape index (κ3) is 4.12. The molecule has 2 fully saturated rings. The molecule has 0 radical (unpaired) electrons. The summed E-state index contributed by atoms with van der Waals surface area (Å²) in [5.41, 5.74) is 1.30. The van der Waals surface area contributed by atoms with E-state index in [1.807, 2.05) is 12.1 Å². The summed E-state index contributed by atoms with van der Waals surface area (Å²) in [4.78, 5) is 0. The topological polar surface area (TPSA) is 0 Å². The second-order valence-corrected chi connectivity index (χ2v) is 7.83. The second kappa shape index (κ2) is 7.62. The van der Waals surface area contributed by atoms with Crippen LogP contribution in [0.3, 0.4) is 0 Å². The van der Waals surface area contributed by atoms with Gasteiger partial charge in [0.2, 0.25) is 0 Å². The molecule has 122 valence electrons. The number of aryl methyl sites for hydroxylation is 1. The van der Waals surface area contributed by atoms with Gasteiger partial charge in [0.1, 0.15) is 5.82 Å². The summed E-state index contributed by atoms with van der Waals surface area (Å²) >= 11 is 0. The highest BCUT2D eigenvalue weighted by Crippen LogP contribution is 2.46. The monoisotopic (exact) mass is 302 g/mol. The van der Waals surface area contributed by atoms with Crippen molar-refractivity contribution in [3.8, 4) is 0 Å². The largest absolute Gasteiger partial charge is 0.207 e. The van der Waals surface area contributed by atoms with Crippen molar-refractivity contribution in [1.29, 1.82) is 0 Å². The molecule has 2 aliphatic rings. The van der Waals surface area contributed by atoms with Gasteiger partial charge < -0.3 is 0 Å². The molecular formula is C21H31F. The molecule has 1 heteroatoms. The van der Waals surface area contributed by atoms with Crippen molar-refractivity contribution in [2.45, 2.75) is 71.1 Å². The maximum atomic E-state index is 13.0. The summed E-state index contributed by atoms with van der Waals surface area (Å²) in [5, 5.41) is 0. The minimum atomic E-state index is -0.118. The van der Waals surface area contributed by atoms with Gasteiger partial charge in [-0.15, -0.1) is 0 Å². The van der Waals surface area contributed by atoms with Crippen LogP contribution in [0.5, 0.6) is 0 Å². The molecule has 0 heterocycles. The molecule has 0 aromatic heterocycles. The number of hydrogen-bond donors (Lipinski definition) is 0. The molecule has 0 amide bonds. The Bertz CT molecular complexity index is 449. The van der Waals surface area contributed by atoms with E-state index in [2.05, 4.69) is 6.92 Å². The SMILES string of the molecule is CCCC1CC[C@@H]2C[C@H](CCc3ccc(F)cc3)CC[C@@H]2C1. The van der Waals surface area contributed by atoms with Gasteiger partial charge in [-0.05, 0) is 79.9 Å². The zero-order valence-electron chi connectivity index (χ0n) is 14.1. The van der Waals surface area contributed by atoms with Crippen molar-refractivity contribution in [1.82, 2.24) is 0 Å². The maximum Gasteiger partial charge on any atom is 0.123 e. The number of halogens is 1. The lowest BCUT2D eigenvalue weighted by atomic mass is 9.63. The third-order valence-corrected chi connectivity index (χ3v) is 6.28. The smallest absolute Gasteiger partial charge is 0.123 e. The fourth-order valence-corrected chi connectivity index (χ4v) is 5.04. The number of rotatable bonds is 5. The van der Waals surface area contributed by atoms with Crippen LogP contribution in [-0.2, 0) is 6.42 Å². The summed E-state index contributed by atoms with van der Waals surface area (Å²) in [6, 6.07) is 7.11. The van der Waals surface area contributed by atoms with Gasteiger partial charge in [0.15, 0.2) is 0 Å². The average molecular weight is 302 g/mol. The van der Waals surface area contributed by atoms with Crippen LogP contribution in [0.2, 0.25) is 0 Å². The van der Waals surface area contributed by atoms with Crippen LogP contribution in [-0.4, -0.2) is 0 Å². The Morgan fingerprint density at radius 2 is 1.45 bits per heavy atom. The van der Waals surface area contributed by atoms with Gasteiger partial charge in [-0.3, -0.25) is 0 Å². The zero-order chi connectivity index (χ0) is 15.4. The molecule has 0 nitrogen and oxygen atoms in total. The molecule has 0 bridgehead atoms. The zero-order valence-corrected chi connectivity index (χ0v) is 14.1. The van der Waals surface area contributed by atoms with E-state index in [4.69, 9.17) is 0 Å². The molecular weight excluding hydrogens is 271 g/mol. The molecule has 1 aromatic rings. The van der Waals surface area contributed by atoms with Crippen LogP contribution in [0, 0.1) is 29.5 Å². The molecule has 1 unspecified atom stereocenters. The highest BCUT2D eigenvalue weighted by atomic mass is 19.1. The fraction of sp³-hybridized carbons (Fsp3) is 0.714. The number of benzene rings is 1. The fourth-order valence-electron chi connectivity index (χ4n) is 5.04. The first kappa shape index (κ1) is 16.0. The van der Waals surface area contributed by atoms with E-state index < -0.39 is 0 Å². The summed E-state index contributed by atoms with van der Waals surface area (Å²) in [6.45, 7) is 2.33. The Labute approximate surface area is 135 Å². The highest BCUT2D eigenvalue weighted by molar-refractivity contribution is 5.16. The van der Waals surface area contributed by atoms with Gasteiger partial charge >= 0.3 is 0 Å². The molecule has 1 aromatic carbocycles. The van der Waals surface area contributed by atoms with Gasteiger partial charge in [0.05, 0.1) is 0 Å². The van der Waals surface area contributed by atoms with Gasteiger partial charge in [0, 0.05) is 0 Å². The number of hydrogen-bond acceptors (Lipinski definition) is 0. The van der Waals surface area contributed by atoms with Crippen molar-refractivity contribution in [2.24, 2.45) is 23.7 Å². The van der Waals surface area contributed by atoms with Gasteiger partial charge in [-0.2, -0.15) is 0 Å². The lowest BCUT2D eigenvalue weighted by molar-refractivity contribution is 0.0921. The summed E-state index contributed by atoms with van der Waals surface area (Å²) in [7, 11) is 0. The first-order valence-corrected chi connectivity index (χ1v) is 9.49. The molecule has 22 heavy (non-hydrogen) atoms. The van der Waals surface area contributed by atoms with Crippen molar-refractivity contribution >= 4 is 0 Å². The van der Waals surface area contributed by atoms with Crippen LogP contribution in [0.4, 0.5) is 4.39 Å². The van der Waals surface area contributed by atoms with Crippen LogP contribution in [0.15, 0.2) is 24.3 Å². The van der Waals surface area contributed by atoms with E-state index in [0.717, 1.165) is 30.1 Å². The molecule has 0 aliphatic heterocycles. The lowest BCUT2D eigenvalue weighted by Crippen LogP contribution is -2.31. The molecule has 0 N–H and O–H groups in total. The Balaban J connectivity index is 1.45. The van der Waals surface area contributed by atoms with Crippen LogP contribution < -0.4 is 0 Å². The quantitative estimate of drug-likeness (QED) is 0.591. The molecule has 0 saturated heterocycles. The van der Waals surface area contributed by atoms with Crippen molar-refractivity contribution < 1.29 is 4.39 Å². The van der Waals surface area contributed by atoms with Gasteiger partial charge in [0.25, 0.3) is 0 Å². The van der Waals surface area contributed by atoms with Gasteiger partial charge in [-0.1, -0.05) is 44.7 Å². The lowest BCUT2D eigenvalue weighted by Gasteiger charge is -2.42. The average Bonchev–Trinajstić information content (AvgIpc) is 2.54. The molecule has 0 spiro atoms. The maximum absolute atomic E-state index is 13.0. The van der Waals surface area contributed by atoms with E-state index in [0.29, 0.717) is 0 Å². The van der Waals surface area contributed by atoms with Crippen molar-refractivity contribution in [2.75, 3.05) is 0 Å². The highest BCUT2D eigenvalue weighted by Gasteiger charge is 2.34.